The normalized spacial score (nSPS) is 13.9. The number of nitrogens with one attached hydrogen (secondary N) is 3. The molecule has 7 nitrogen and oxygen atoms in total. The molecule has 1 aliphatic carbocycles. The van der Waals surface area contributed by atoms with Gasteiger partial charge in [-0.15, -0.1) is 0 Å². The minimum atomic E-state index is -2.37. The maximum atomic E-state index is 14.5. The first kappa shape index (κ1) is 23.2. The van der Waals surface area contributed by atoms with Crippen molar-refractivity contribution in [3.05, 3.63) is 76.4 Å². The maximum absolute atomic E-state index is 14.5. The molecule has 1 atom stereocenters. The number of carboxylic acid groups (broad SMARTS) is 1. The molecule has 0 amide bonds. The summed E-state index contributed by atoms with van der Waals surface area (Å²) in [7, 11) is 0. The van der Waals surface area contributed by atoms with Crippen molar-refractivity contribution in [1.82, 2.24) is 14.7 Å². The van der Waals surface area contributed by atoms with Crippen LogP contribution in [0.15, 0.2) is 48.2 Å². The highest BCUT2D eigenvalue weighted by atomic mass is 32.2. The lowest BCUT2D eigenvalue weighted by atomic mass is 9.87. The lowest BCUT2D eigenvalue weighted by molar-refractivity contribution is 0.0692. The minimum absolute atomic E-state index is 0.0330. The Kier molecular flexibility index (Phi) is 5.92. The van der Waals surface area contributed by atoms with E-state index in [1.54, 1.807) is 6.20 Å². The van der Waals surface area contributed by atoms with Gasteiger partial charge in [-0.1, -0.05) is 43.7 Å². The van der Waals surface area contributed by atoms with Gasteiger partial charge in [0, 0.05) is 46.0 Å². The monoisotopic (exact) mass is 492 g/mol. The summed E-state index contributed by atoms with van der Waals surface area (Å²) >= 11 is -2.37. The number of carbonyl (C=O) groups is 1. The molecule has 4 aromatic rings. The molecule has 0 bridgehead atoms. The second kappa shape index (κ2) is 8.92. The van der Waals surface area contributed by atoms with E-state index in [1.807, 2.05) is 44.2 Å². The number of fused-ring (bicyclic) bond motifs is 2. The maximum Gasteiger partial charge on any atom is 0.352 e. The van der Waals surface area contributed by atoms with Crippen molar-refractivity contribution in [2.45, 2.75) is 26.2 Å². The van der Waals surface area contributed by atoms with Crippen LogP contribution in [-0.4, -0.2) is 36.4 Å². The highest BCUT2D eigenvalue weighted by Gasteiger charge is 2.29. The summed E-state index contributed by atoms with van der Waals surface area (Å²) in [4.78, 5) is 18.6. The number of aromatic nitrogens is 2. The fourth-order valence-corrected chi connectivity index (χ4v) is 5.31. The highest BCUT2D eigenvalue weighted by Crippen LogP contribution is 2.45. The van der Waals surface area contributed by atoms with Crippen LogP contribution in [0.5, 0.6) is 0 Å². The summed E-state index contributed by atoms with van der Waals surface area (Å²) in [6.45, 7) is 4.14. The van der Waals surface area contributed by atoms with E-state index in [0.29, 0.717) is 28.8 Å². The summed E-state index contributed by atoms with van der Waals surface area (Å²) in [6.07, 6.45) is 4.21. The van der Waals surface area contributed by atoms with E-state index in [4.69, 9.17) is 0 Å². The van der Waals surface area contributed by atoms with Gasteiger partial charge in [-0.05, 0) is 52.8 Å². The summed E-state index contributed by atoms with van der Waals surface area (Å²) in [5.41, 5.74) is 6.63. The number of aromatic carboxylic acids is 1. The van der Waals surface area contributed by atoms with E-state index in [1.165, 1.54) is 12.1 Å². The average molecular weight is 493 g/mol. The Morgan fingerprint density at radius 1 is 1.26 bits per heavy atom. The molecule has 0 aliphatic heterocycles. The van der Waals surface area contributed by atoms with E-state index in [0.717, 1.165) is 33.2 Å². The zero-order chi connectivity index (χ0) is 24.9. The third-order valence-electron chi connectivity index (χ3n) is 6.38. The Hall–Kier alpha value is -3.53. The molecule has 2 aromatic carbocycles. The Balaban J connectivity index is 1.76. The molecular weight excluding hydrogens is 469 g/mol. The molecule has 2 heterocycles. The van der Waals surface area contributed by atoms with E-state index in [-0.39, 0.29) is 18.2 Å². The predicted octanol–water partition coefficient (Wildman–Crippen LogP) is 5.11. The van der Waals surface area contributed by atoms with Crippen molar-refractivity contribution in [3.63, 3.8) is 0 Å². The first-order valence-corrected chi connectivity index (χ1v) is 12.2. The topological polar surface area (TPSA) is 121 Å². The van der Waals surface area contributed by atoms with Crippen molar-refractivity contribution in [1.29, 1.82) is 0 Å². The van der Waals surface area contributed by atoms with Crippen LogP contribution in [-0.2, 0) is 17.7 Å². The standard InChI is InChI=1S/C26H24FN3O4S/c1-13(2)22-23(18-5-3-4-15-8-14(9-19(15)18)12-29-35(33)34)25(26(31)32)30-24(22)20-10-16(27)11-21-17(20)6-7-28-21/h3-7,9-11,13,28-30H,8,12H2,1-2H3,(H,31,32)(H,33,34)/p-1. The number of hydrogen-bond acceptors (Lipinski definition) is 3. The van der Waals surface area contributed by atoms with Gasteiger partial charge in [-0.25, -0.2) is 13.9 Å². The van der Waals surface area contributed by atoms with E-state index >= 15 is 0 Å². The Labute approximate surface area is 203 Å². The lowest BCUT2D eigenvalue weighted by Gasteiger charge is -2.15. The van der Waals surface area contributed by atoms with Crippen LogP contribution in [0.25, 0.3) is 39.4 Å². The first-order valence-electron chi connectivity index (χ1n) is 11.1. The highest BCUT2D eigenvalue weighted by molar-refractivity contribution is 7.77. The van der Waals surface area contributed by atoms with Crippen molar-refractivity contribution in [2.75, 3.05) is 6.54 Å². The van der Waals surface area contributed by atoms with Gasteiger partial charge in [0.25, 0.3) is 0 Å². The molecule has 180 valence electrons. The SMILES string of the molecule is CC(C)c1c(-c2cc(F)cc3[nH]ccc23)[nH]c(C(=O)O)c1-c1cccc2c1C=C(CNS(=O)[O-])C2. The number of hydrogen-bond donors (Lipinski definition) is 4. The molecule has 1 unspecified atom stereocenters. The van der Waals surface area contributed by atoms with Crippen molar-refractivity contribution < 1.29 is 23.1 Å². The van der Waals surface area contributed by atoms with Gasteiger partial charge < -0.3 is 19.6 Å². The van der Waals surface area contributed by atoms with Gasteiger partial charge in [0.1, 0.15) is 11.5 Å². The Morgan fingerprint density at radius 2 is 2.06 bits per heavy atom. The van der Waals surface area contributed by atoms with Crippen LogP contribution < -0.4 is 4.72 Å². The van der Waals surface area contributed by atoms with Crippen molar-refractivity contribution in [2.24, 2.45) is 0 Å². The second-order valence-electron chi connectivity index (χ2n) is 8.93. The average Bonchev–Trinajstić information content (AvgIpc) is 3.52. The summed E-state index contributed by atoms with van der Waals surface area (Å²) < 4.78 is 38.8. The number of H-pyrrole nitrogens is 2. The van der Waals surface area contributed by atoms with Gasteiger partial charge in [0.15, 0.2) is 0 Å². The molecular formula is C26H23FN3O4S-. The summed E-state index contributed by atoms with van der Waals surface area (Å²) in [6, 6.07) is 10.4. The first-order chi connectivity index (χ1) is 16.7. The molecule has 0 saturated heterocycles. The van der Waals surface area contributed by atoms with Crippen LogP contribution in [0.2, 0.25) is 0 Å². The number of carboxylic acids is 1. The molecule has 1 aliphatic rings. The van der Waals surface area contributed by atoms with Gasteiger partial charge in [0.05, 0.1) is 5.69 Å². The molecule has 0 saturated carbocycles. The van der Waals surface area contributed by atoms with Gasteiger partial charge in [0.2, 0.25) is 0 Å². The third kappa shape index (κ3) is 4.12. The quantitative estimate of drug-likeness (QED) is 0.268. The van der Waals surface area contributed by atoms with E-state index in [9.17, 15) is 23.1 Å². The number of halogens is 1. The fourth-order valence-electron chi connectivity index (χ4n) is 5.00. The van der Waals surface area contributed by atoms with E-state index in [2.05, 4.69) is 14.7 Å². The molecule has 4 N–H and O–H groups in total. The third-order valence-corrected chi connectivity index (χ3v) is 6.76. The molecule has 0 fully saturated rings. The van der Waals surface area contributed by atoms with Crippen LogP contribution in [0.4, 0.5) is 4.39 Å². The molecule has 0 spiro atoms. The summed E-state index contributed by atoms with van der Waals surface area (Å²) in [5, 5.41) is 10.9. The smallest absolute Gasteiger partial charge is 0.352 e. The largest absolute Gasteiger partial charge is 0.760 e. The second-order valence-corrected chi connectivity index (χ2v) is 9.69. The number of aromatic amines is 2. The summed E-state index contributed by atoms with van der Waals surface area (Å²) in [5.74, 6) is -1.61. The van der Waals surface area contributed by atoms with Gasteiger partial charge >= 0.3 is 5.97 Å². The van der Waals surface area contributed by atoms with Crippen molar-refractivity contribution >= 4 is 34.2 Å². The molecule has 9 heteroatoms. The van der Waals surface area contributed by atoms with Crippen LogP contribution >= 0.6 is 0 Å². The van der Waals surface area contributed by atoms with Crippen LogP contribution in [0.3, 0.4) is 0 Å². The molecule has 2 aromatic heterocycles. The van der Waals surface area contributed by atoms with Crippen LogP contribution in [0, 0.1) is 5.82 Å². The van der Waals surface area contributed by atoms with Crippen LogP contribution in [0.1, 0.15) is 46.9 Å². The number of benzene rings is 2. The Bertz CT molecular complexity index is 1530. The van der Waals surface area contributed by atoms with Gasteiger partial charge in [-0.2, -0.15) is 0 Å². The Morgan fingerprint density at radius 3 is 2.77 bits per heavy atom. The zero-order valence-corrected chi connectivity index (χ0v) is 19.9. The minimum Gasteiger partial charge on any atom is -0.760 e. The molecule has 0 radical (unpaired) electrons. The molecule has 35 heavy (non-hydrogen) atoms. The fraction of sp³-hybridized carbons (Fsp3) is 0.192. The lowest BCUT2D eigenvalue weighted by Crippen LogP contribution is -2.19. The van der Waals surface area contributed by atoms with Crippen molar-refractivity contribution in [3.8, 4) is 22.4 Å². The predicted molar refractivity (Wildman–Crippen MR) is 133 cm³/mol. The van der Waals surface area contributed by atoms with Gasteiger partial charge in [-0.3, -0.25) is 4.21 Å². The van der Waals surface area contributed by atoms with E-state index < -0.39 is 23.1 Å². The number of rotatable bonds is 7. The molecule has 5 rings (SSSR count). The zero-order valence-electron chi connectivity index (χ0n) is 19.1.